The third-order valence-electron chi connectivity index (χ3n) is 3.39. The summed E-state index contributed by atoms with van der Waals surface area (Å²) in [7, 11) is 3.45. The highest BCUT2D eigenvalue weighted by Gasteiger charge is 2.17. The molecule has 0 spiro atoms. The van der Waals surface area contributed by atoms with Crippen molar-refractivity contribution >= 4 is 17.3 Å². The van der Waals surface area contributed by atoms with Gasteiger partial charge in [0, 0.05) is 44.1 Å². The average Bonchev–Trinajstić information content (AvgIpc) is 2.47. The second kappa shape index (κ2) is 10.0. The van der Waals surface area contributed by atoms with E-state index >= 15 is 0 Å². The molecule has 0 heterocycles. The monoisotopic (exact) mass is 314 g/mol. The van der Waals surface area contributed by atoms with Crippen LogP contribution in [0.2, 0.25) is 5.02 Å². The molecule has 0 bridgehead atoms. The third-order valence-corrected chi connectivity index (χ3v) is 3.63. The fourth-order valence-electron chi connectivity index (χ4n) is 2.33. The molecule has 0 aliphatic rings. The highest BCUT2D eigenvalue weighted by molar-refractivity contribution is 6.30. The van der Waals surface area contributed by atoms with E-state index in [4.69, 9.17) is 21.1 Å². The van der Waals surface area contributed by atoms with Gasteiger partial charge in [-0.25, -0.2) is 0 Å². The summed E-state index contributed by atoms with van der Waals surface area (Å²) < 4.78 is 10.5. The van der Waals surface area contributed by atoms with Gasteiger partial charge in [0.15, 0.2) is 0 Å². The Morgan fingerprint density at radius 2 is 2.05 bits per heavy atom. The summed E-state index contributed by atoms with van der Waals surface area (Å²) in [5.74, 6) is 0. The van der Waals surface area contributed by atoms with E-state index in [0.29, 0.717) is 13.2 Å². The topological polar surface area (TPSA) is 33.7 Å². The summed E-state index contributed by atoms with van der Waals surface area (Å²) in [6, 6.07) is 6.31. The quantitative estimate of drug-likeness (QED) is 0.720. The molecular weight excluding hydrogens is 288 g/mol. The molecular formula is C16H27ClN2O2. The Hall–Kier alpha value is -0.810. The van der Waals surface area contributed by atoms with Crippen molar-refractivity contribution in [1.82, 2.24) is 5.32 Å². The molecule has 5 heteroatoms. The molecule has 1 N–H and O–H groups in total. The molecule has 120 valence electrons. The first-order chi connectivity index (χ1) is 10.1. The van der Waals surface area contributed by atoms with Gasteiger partial charge in [-0.2, -0.15) is 0 Å². The normalized spacial score (nSPS) is 12.4. The average molecular weight is 315 g/mol. The van der Waals surface area contributed by atoms with Crippen molar-refractivity contribution in [3.8, 4) is 0 Å². The number of ether oxygens (including phenoxy) is 2. The van der Waals surface area contributed by atoms with Crippen LogP contribution in [-0.4, -0.2) is 46.6 Å². The zero-order chi connectivity index (χ0) is 15.7. The van der Waals surface area contributed by atoms with Gasteiger partial charge in [0.2, 0.25) is 0 Å². The van der Waals surface area contributed by atoms with Gasteiger partial charge in [0.05, 0.1) is 13.2 Å². The highest BCUT2D eigenvalue weighted by atomic mass is 35.5. The van der Waals surface area contributed by atoms with E-state index < -0.39 is 0 Å². The minimum absolute atomic E-state index is 0.270. The van der Waals surface area contributed by atoms with Crippen molar-refractivity contribution in [3.05, 3.63) is 28.8 Å². The summed E-state index contributed by atoms with van der Waals surface area (Å²) in [5.41, 5.74) is 2.38. The second-order valence-electron chi connectivity index (χ2n) is 5.04. The minimum atomic E-state index is 0.270. The molecule has 1 aromatic carbocycles. The SMILES string of the molecule is CCNCc1cc(Cl)ccc1N(CCOC)C(C)COC. The summed E-state index contributed by atoms with van der Waals surface area (Å²) in [5, 5.41) is 4.13. The number of anilines is 1. The molecule has 4 nitrogen and oxygen atoms in total. The Kier molecular flexibility index (Phi) is 8.69. The van der Waals surface area contributed by atoms with Gasteiger partial charge < -0.3 is 19.7 Å². The Labute approximate surface area is 133 Å². The molecule has 0 saturated heterocycles. The summed E-state index contributed by atoms with van der Waals surface area (Å²) >= 11 is 6.15. The van der Waals surface area contributed by atoms with Crippen molar-refractivity contribution in [1.29, 1.82) is 0 Å². The fraction of sp³-hybridized carbons (Fsp3) is 0.625. The van der Waals surface area contributed by atoms with E-state index in [-0.39, 0.29) is 6.04 Å². The van der Waals surface area contributed by atoms with Crippen LogP contribution in [0.3, 0.4) is 0 Å². The van der Waals surface area contributed by atoms with Crippen molar-refractivity contribution < 1.29 is 9.47 Å². The van der Waals surface area contributed by atoms with Crippen LogP contribution >= 0.6 is 11.6 Å². The number of hydrogen-bond donors (Lipinski definition) is 1. The molecule has 21 heavy (non-hydrogen) atoms. The largest absolute Gasteiger partial charge is 0.383 e. The molecule has 0 fully saturated rings. The Balaban J connectivity index is 3.03. The number of nitrogens with one attached hydrogen (secondary N) is 1. The van der Waals surface area contributed by atoms with Gasteiger partial charge in [-0.3, -0.25) is 0 Å². The molecule has 1 atom stereocenters. The Morgan fingerprint density at radius 3 is 2.67 bits per heavy atom. The smallest absolute Gasteiger partial charge is 0.0663 e. The molecule has 0 saturated carbocycles. The van der Waals surface area contributed by atoms with Gasteiger partial charge >= 0.3 is 0 Å². The highest BCUT2D eigenvalue weighted by Crippen LogP contribution is 2.26. The van der Waals surface area contributed by atoms with Gasteiger partial charge in [0.25, 0.3) is 0 Å². The predicted octanol–water partition coefficient (Wildman–Crippen LogP) is 2.94. The van der Waals surface area contributed by atoms with Gasteiger partial charge in [0.1, 0.15) is 0 Å². The van der Waals surface area contributed by atoms with Crippen LogP contribution in [0.15, 0.2) is 18.2 Å². The fourth-order valence-corrected chi connectivity index (χ4v) is 2.53. The lowest BCUT2D eigenvalue weighted by atomic mass is 10.1. The molecule has 1 aromatic rings. The number of methoxy groups -OCH3 is 2. The molecule has 1 unspecified atom stereocenters. The first kappa shape index (κ1) is 18.2. The summed E-state index contributed by atoms with van der Waals surface area (Å²) in [6.07, 6.45) is 0. The number of halogens is 1. The maximum atomic E-state index is 6.15. The molecule has 0 aliphatic heterocycles. The standard InChI is InChI=1S/C16H27ClN2O2/c1-5-18-11-14-10-15(17)6-7-16(14)19(8-9-20-3)13(2)12-21-4/h6-7,10,13,18H,5,8-9,11-12H2,1-4H3. The van der Waals surface area contributed by atoms with Crippen molar-refractivity contribution in [3.63, 3.8) is 0 Å². The summed E-state index contributed by atoms with van der Waals surface area (Å²) in [6.45, 7) is 8.16. The minimum Gasteiger partial charge on any atom is -0.383 e. The molecule has 0 amide bonds. The van der Waals surface area contributed by atoms with E-state index in [1.807, 2.05) is 12.1 Å². The predicted molar refractivity (Wildman–Crippen MR) is 89.4 cm³/mol. The second-order valence-corrected chi connectivity index (χ2v) is 5.48. The van der Waals surface area contributed by atoms with Crippen LogP contribution in [0.4, 0.5) is 5.69 Å². The van der Waals surface area contributed by atoms with E-state index in [1.165, 1.54) is 11.3 Å². The zero-order valence-corrected chi connectivity index (χ0v) is 14.2. The van der Waals surface area contributed by atoms with Crippen molar-refractivity contribution in [2.45, 2.75) is 26.4 Å². The van der Waals surface area contributed by atoms with Crippen LogP contribution in [0.5, 0.6) is 0 Å². The first-order valence-corrected chi connectivity index (χ1v) is 7.75. The van der Waals surface area contributed by atoms with Crippen LogP contribution in [0.25, 0.3) is 0 Å². The maximum absolute atomic E-state index is 6.15. The van der Waals surface area contributed by atoms with Gasteiger partial charge in [-0.15, -0.1) is 0 Å². The Bertz CT molecular complexity index is 415. The molecule has 0 aromatic heterocycles. The van der Waals surface area contributed by atoms with Crippen molar-refractivity contribution in [2.24, 2.45) is 0 Å². The van der Waals surface area contributed by atoms with Crippen molar-refractivity contribution in [2.75, 3.05) is 45.4 Å². The third kappa shape index (κ3) is 5.83. The lowest BCUT2D eigenvalue weighted by Gasteiger charge is -2.32. The first-order valence-electron chi connectivity index (χ1n) is 7.37. The zero-order valence-electron chi connectivity index (χ0n) is 13.5. The lowest BCUT2D eigenvalue weighted by Crippen LogP contribution is -2.39. The molecule has 0 radical (unpaired) electrons. The van der Waals surface area contributed by atoms with E-state index in [9.17, 15) is 0 Å². The Morgan fingerprint density at radius 1 is 1.29 bits per heavy atom. The number of nitrogens with zero attached hydrogens (tertiary/aromatic N) is 1. The van der Waals surface area contributed by atoms with Gasteiger partial charge in [-0.05, 0) is 37.2 Å². The van der Waals surface area contributed by atoms with Crippen LogP contribution in [0.1, 0.15) is 19.4 Å². The van der Waals surface area contributed by atoms with Crippen LogP contribution in [-0.2, 0) is 16.0 Å². The van der Waals surface area contributed by atoms with Crippen LogP contribution < -0.4 is 10.2 Å². The van der Waals surface area contributed by atoms with E-state index in [2.05, 4.69) is 30.1 Å². The number of hydrogen-bond acceptors (Lipinski definition) is 4. The summed E-state index contributed by atoms with van der Waals surface area (Å²) in [4.78, 5) is 2.32. The number of rotatable bonds is 10. The number of benzene rings is 1. The molecule has 1 rings (SSSR count). The van der Waals surface area contributed by atoms with E-state index in [1.54, 1.807) is 14.2 Å². The van der Waals surface area contributed by atoms with E-state index in [0.717, 1.165) is 24.7 Å². The molecule has 0 aliphatic carbocycles. The lowest BCUT2D eigenvalue weighted by molar-refractivity contribution is 0.171. The van der Waals surface area contributed by atoms with Crippen LogP contribution in [0, 0.1) is 0 Å². The van der Waals surface area contributed by atoms with Gasteiger partial charge in [-0.1, -0.05) is 18.5 Å². The maximum Gasteiger partial charge on any atom is 0.0663 e.